The smallest absolute Gasteiger partial charge is 0 e. The summed E-state index contributed by atoms with van der Waals surface area (Å²) in [6, 6.07) is 33.7. The van der Waals surface area contributed by atoms with Gasteiger partial charge in [-0.15, -0.1) is 0 Å². The average molecular weight is 548 g/mol. The molecule has 0 aliphatic rings. The summed E-state index contributed by atoms with van der Waals surface area (Å²) in [5.74, 6) is 0. The Balaban J connectivity index is 0.00000156. The van der Waals surface area contributed by atoms with Gasteiger partial charge in [0.1, 0.15) is 0 Å². The van der Waals surface area contributed by atoms with Crippen molar-refractivity contribution in [2.75, 3.05) is 20.0 Å². The SMILES string of the molecule is C[PH](C)(C)[PH](c1ccccc1)(c1ccccc1)c1ccccc1.[Pd].[Ru]. The van der Waals surface area contributed by atoms with Crippen molar-refractivity contribution in [1.82, 2.24) is 0 Å². The maximum Gasteiger partial charge on any atom is 0 e. The molecular formula is C21H26P2PdRu. The van der Waals surface area contributed by atoms with Crippen molar-refractivity contribution >= 4 is 29.8 Å². The van der Waals surface area contributed by atoms with Crippen molar-refractivity contribution in [1.29, 1.82) is 0 Å². The van der Waals surface area contributed by atoms with Crippen molar-refractivity contribution in [3.63, 3.8) is 0 Å². The minimum atomic E-state index is -1.99. The fourth-order valence-corrected chi connectivity index (χ4v) is 18.8. The molecule has 0 unspecified atom stereocenters. The van der Waals surface area contributed by atoms with E-state index in [1.165, 1.54) is 15.9 Å². The van der Waals surface area contributed by atoms with Crippen molar-refractivity contribution < 1.29 is 39.9 Å². The predicted molar refractivity (Wildman–Crippen MR) is 113 cm³/mol. The van der Waals surface area contributed by atoms with Crippen molar-refractivity contribution in [3.8, 4) is 0 Å². The molecule has 0 aromatic heterocycles. The second-order valence-electron chi connectivity index (χ2n) is 7.10. The minimum Gasteiger partial charge on any atom is 0 e. The number of benzene rings is 3. The molecule has 0 fully saturated rings. The second-order valence-corrected chi connectivity index (χ2v) is 21.6. The molecule has 0 aliphatic carbocycles. The van der Waals surface area contributed by atoms with Gasteiger partial charge in [0.15, 0.2) is 0 Å². The molecule has 0 heterocycles. The van der Waals surface area contributed by atoms with Crippen LogP contribution in [0.4, 0.5) is 0 Å². The number of rotatable bonds is 4. The predicted octanol–water partition coefficient (Wildman–Crippen LogP) is 4.26. The van der Waals surface area contributed by atoms with E-state index in [0.29, 0.717) is 0 Å². The normalized spacial score (nSPS) is 12.4. The zero-order valence-corrected chi connectivity index (χ0v) is 20.1. The van der Waals surface area contributed by atoms with Crippen LogP contribution in [-0.4, -0.2) is 20.0 Å². The number of hydrogen-bond acceptors (Lipinski definition) is 0. The molecule has 0 N–H and O–H groups in total. The molecule has 0 saturated heterocycles. The summed E-state index contributed by atoms with van der Waals surface area (Å²) in [6.45, 7) is 4.09. The van der Waals surface area contributed by atoms with E-state index in [2.05, 4.69) is 111 Å². The monoisotopic (exact) mass is 548 g/mol. The summed E-state index contributed by atoms with van der Waals surface area (Å²) in [4.78, 5) is 0. The summed E-state index contributed by atoms with van der Waals surface area (Å²) in [5, 5.41) is 4.62. The van der Waals surface area contributed by atoms with Crippen LogP contribution in [0.3, 0.4) is 0 Å². The van der Waals surface area contributed by atoms with Gasteiger partial charge in [0.05, 0.1) is 0 Å². The summed E-state index contributed by atoms with van der Waals surface area (Å²) in [6.07, 6.45) is 0. The van der Waals surface area contributed by atoms with Gasteiger partial charge in [0, 0.05) is 39.9 Å². The Hall–Kier alpha value is -0.194. The molecular weight excluding hydrogens is 522 g/mol. The summed E-state index contributed by atoms with van der Waals surface area (Å²) in [7, 11) is 0. The van der Waals surface area contributed by atoms with Gasteiger partial charge in [-0.1, -0.05) is 0 Å². The first-order valence-electron chi connectivity index (χ1n) is 8.23. The van der Waals surface area contributed by atoms with Crippen molar-refractivity contribution in [2.24, 2.45) is 0 Å². The first kappa shape index (κ1) is 22.8. The van der Waals surface area contributed by atoms with Gasteiger partial charge in [0.2, 0.25) is 0 Å². The van der Waals surface area contributed by atoms with E-state index in [0.717, 1.165) is 0 Å². The third-order valence-electron chi connectivity index (χ3n) is 4.75. The van der Waals surface area contributed by atoms with Crippen LogP contribution in [0.1, 0.15) is 0 Å². The third kappa shape index (κ3) is 4.39. The molecule has 0 radical (unpaired) electrons. The van der Waals surface area contributed by atoms with Crippen molar-refractivity contribution in [3.05, 3.63) is 91.0 Å². The van der Waals surface area contributed by atoms with E-state index < -0.39 is 13.9 Å². The summed E-state index contributed by atoms with van der Waals surface area (Å²) < 4.78 is 0. The Bertz CT molecular complexity index is 660. The zero-order valence-electron chi connectivity index (χ0n) is 14.8. The second kappa shape index (κ2) is 9.66. The van der Waals surface area contributed by atoms with E-state index in [-0.39, 0.29) is 39.9 Å². The molecule has 4 heteroatoms. The van der Waals surface area contributed by atoms with Crippen molar-refractivity contribution in [2.45, 2.75) is 0 Å². The Morgan fingerprint density at radius 3 is 0.920 bits per heavy atom. The van der Waals surface area contributed by atoms with Crippen LogP contribution in [0.2, 0.25) is 0 Å². The van der Waals surface area contributed by atoms with Crippen LogP contribution in [0.25, 0.3) is 0 Å². The van der Waals surface area contributed by atoms with Gasteiger partial charge in [-0.25, -0.2) is 0 Å². The van der Waals surface area contributed by atoms with Crippen LogP contribution in [0.5, 0.6) is 0 Å². The van der Waals surface area contributed by atoms with E-state index >= 15 is 0 Å². The van der Waals surface area contributed by atoms with Gasteiger partial charge in [-0.3, -0.25) is 0 Å². The molecule has 0 atom stereocenters. The third-order valence-corrected chi connectivity index (χ3v) is 19.9. The van der Waals surface area contributed by atoms with E-state index in [1.54, 1.807) is 0 Å². The molecule has 0 amide bonds. The maximum atomic E-state index is 2.53. The quantitative estimate of drug-likeness (QED) is 0.338. The van der Waals surface area contributed by atoms with Gasteiger partial charge in [0.25, 0.3) is 0 Å². The van der Waals surface area contributed by atoms with E-state index in [1.807, 2.05) is 0 Å². The van der Waals surface area contributed by atoms with Crippen LogP contribution in [0, 0.1) is 0 Å². The summed E-state index contributed by atoms with van der Waals surface area (Å²) >= 11 is 0. The fourth-order valence-electron chi connectivity index (χ4n) is 3.86. The molecule has 0 spiro atoms. The Labute approximate surface area is 179 Å². The minimum absolute atomic E-state index is 0. The standard InChI is InChI=1S/C21H26P2.Pd.Ru/c1-22(2,3)23(19-13-7-4-8-14-19,20-15-9-5-10-16-20)21-17-11-6-12-18-21;;/h4-18,22-23H,1-3H3;;. The van der Waals surface area contributed by atoms with Crippen LogP contribution >= 0.6 is 13.9 Å². The van der Waals surface area contributed by atoms with Gasteiger partial charge < -0.3 is 0 Å². The Morgan fingerprint density at radius 2 is 0.720 bits per heavy atom. The zero-order chi connectivity index (χ0) is 16.3. The summed E-state index contributed by atoms with van der Waals surface area (Å²) in [5.41, 5.74) is 0. The molecule has 0 aliphatic heterocycles. The molecule has 138 valence electrons. The van der Waals surface area contributed by atoms with Crippen LogP contribution in [0.15, 0.2) is 91.0 Å². The largest absolute Gasteiger partial charge is 0 e. The van der Waals surface area contributed by atoms with Gasteiger partial charge >= 0.3 is 141 Å². The molecule has 0 nitrogen and oxygen atoms in total. The topological polar surface area (TPSA) is 0 Å². The maximum absolute atomic E-state index is 2.53. The van der Waals surface area contributed by atoms with E-state index in [4.69, 9.17) is 0 Å². The average Bonchev–Trinajstić information content (AvgIpc) is 2.57. The Kier molecular flexibility index (Phi) is 8.83. The van der Waals surface area contributed by atoms with E-state index in [9.17, 15) is 0 Å². The molecule has 3 aromatic carbocycles. The first-order valence-corrected chi connectivity index (χ1v) is 14.7. The molecule has 0 bridgehead atoms. The van der Waals surface area contributed by atoms with Gasteiger partial charge in [-0.2, -0.15) is 0 Å². The van der Waals surface area contributed by atoms with Gasteiger partial charge in [-0.05, 0) is 0 Å². The Morgan fingerprint density at radius 1 is 0.480 bits per heavy atom. The molecule has 25 heavy (non-hydrogen) atoms. The number of hydrogen-bond donors (Lipinski definition) is 0. The van der Waals surface area contributed by atoms with Crippen LogP contribution < -0.4 is 15.9 Å². The first-order chi connectivity index (χ1) is 11.1. The molecule has 0 saturated carbocycles. The molecule has 3 aromatic rings. The molecule has 3 rings (SSSR count). The van der Waals surface area contributed by atoms with Crippen LogP contribution in [-0.2, 0) is 39.9 Å². The fraction of sp³-hybridized carbons (Fsp3) is 0.143.